The van der Waals surface area contributed by atoms with Crippen molar-refractivity contribution in [3.63, 3.8) is 0 Å². The molecule has 0 aliphatic rings. The number of amides is 1. The molecule has 0 bridgehead atoms. The largest absolute Gasteiger partial charge is 0.366 e. The molecule has 1 aromatic heterocycles. The van der Waals surface area contributed by atoms with E-state index in [1.165, 1.54) is 5.56 Å². The number of benzene rings is 2. The first kappa shape index (κ1) is 13.3. The molecule has 0 aliphatic carbocycles. The second-order valence-electron chi connectivity index (χ2n) is 5.31. The van der Waals surface area contributed by atoms with Gasteiger partial charge in [-0.3, -0.25) is 4.79 Å². The molecule has 0 radical (unpaired) electrons. The van der Waals surface area contributed by atoms with Crippen LogP contribution in [-0.4, -0.2) is 10.9 Å². The Kier molecular flexibility index (Phi) is 3.18. The third-order valence-corrected chi connectivity index (χ3v) is 3.58. The summed E-state index contributed by atoms with van der Waals surface area (Å²) >= 11 is 0. The molecular weight excluding hydrogens is 260 g/mol. The third kappa shape index (κ3) is 2.50. The molecular formula is C18H16N2O. The summed E-state index contributed by atoms with van der Waals surface area (Å²) in [5, 5.41) is 0.804. The van der Waals surface area contributed by atoms with Gasteiger partial charge in [-0.25, -0.2) is 4.98 Å². The highest BCUT2D eigenvalue weighted by atomic mass is 16.1. The molecule has 0 atom stereocenters. The van der Waals surface area contributed by atoms with Crippen molar-refractivity contribution in [2.24, 2.45) is 5.73 Å². The van der Waals surface area contributed by atoms with E-state index < -0.39 is 5.91 Å². The van der Waals surface area contributed by atoms with Gasteiger partial charge in [-0.2, -0.15) is 0 Å². The van der Waals surface area contributed by atoms with Crippen LogP contribution in [0.3, 0.4) is 0 Å². The molecule has 0 aliphatic heterocycles. The Balaban J connectivity index is 2.28. The second kappa shape index (κ2) is 5.02. The molecule has 1 heterocycles. The minimum absolute atomic E-state index is 0.429. The van der Waals surface area contributed by atoms with Crippen LogP contribution in [0.25, 0.3) is 22.2 Å². The van der Waals surface area contributed by atoms with Gasteiger partial charge in [0.1, 0.15) is 0 Å². The lowest BCUT2D eigenvalue weighted by Gasteiger charge is -2.08. The summed E-state index contributed by atoms with van der Waals surface area (Å²) in [7, 11) is 0. The Morgan fingerprint density at radius 1 is 0.952 bits per heavy atom. The maximum absolute atomic E-state index is 11.8. The highest BCUT2D eigenvalue weighted by molar-refractivity contribution is 6.06. The minimum Gasteiger partial charge on any atom is -0.366 e. The second-order valence-corrected chi connectivity index (χ2v) is 5.31. The first-order valence-electron chi connectivity index (χ1n) is 6.83. The van der Waals surface area contributed by atoms with Gasteiger partial charge >= 0.3 is 0 Å². The number of aromatic nitrogens is 1. The van der Waals surface area contributed by atoms with E-state index >= 15 is 0 Å². The highest BCUT2D eigenvalue weighted by Gasteiger charge is 2.11. The van der Waals surface area contributed by atoms with Crippen LogP contribution < -0.4 is 5.73 Å². The average Bonchev–Trinajstić information content (AvgIpc) is 2.46. The Bertz CT molecular complexity index is 836. The van der Waals surface area contributed by atoms with Crippen molar-refractivity contribution >= 4 is 16.8 Å². The molecule has 21 heavy (non-hydrogen) atoms. The zero-order valence-electron chi connectivity index (χ0n) is 12.1. The number of hydrogen-bond donors (Lipinski definition) is 1. The van der Waals surface area contributed by atoms with E-state index in [1.54, 1.807) is 6.07 Å². The Morgan fingerprint density at radius 3 is 2.29 bits per heavy atom. The molecule has 3 heteroatoms. The van der Waals surface area contributed by atoms with Gasteiger partial charge in [0.2, 0.25) is 5.91 Å². The van der Waals surface area contributed by atoms with E-state index in [4.69, 9.17) is 5.73 Å². The fourth-order valence-electron chi connectivity index (χ4n) is 2.42. The molecule has 0 saturated carbocycles. The number of carbonyl (C=O) groups excluding carboxylic acids is 1. The molecule has 0 unspecified atom stereocenters. The number of primary amides is 1. The molecule has 3 rings (SSSR count). The smallest absolute Gasteiger partial charge is 0.249 e. The molecule has 3 aromatic rings. The van der Waals surface area contributed by atoms with Crippen molar-refractivity contribution in [2.45, 2.75) is 13.8 Å². The lowest BCUT2D eigenvalue weighted by atomic mass is 10.0. The molecule has 2 N–H and O–H groups in total. The molecule has 3 nitrogen and oxygen atoms in total. The van der Waals surface area contributed by atoms with E-state index in [2.05, 4.69) is 4.98 Å². The van der Waals surface area contributed by atoms with Gasteiger partial charge in [-0.1, -0.05) is 41.5 Å². The Hall–Kier alpha value is -2.68. The monoisotopic (exact) mass is 276 g/mol. The van der Waals surface area contributed by atoms with Crippen molar-refractivity contribution in [1.29, 1.82) is 0 Å². The lowest BCUT2D eigenvalue weighted by molar-refractivity contribution is 0.100. The molecule has 0 fully saturated rings. The van der Waals surface area contributed by atoms with Crippen LogP contribution in [0.4, 0.5) is 0 Å². The molecule has 104 valence electrons. The summed E-state index contributed by atoms with van der Waals surface area (Å²) in [5.74, 6) is -0.429. The summed E-state index contributed by atoms with van der Waals surface area (Å²) in [6.45, 7) is 4.02. The SMILES string of the molecule is Cc1ccc(-c2cc(C(N)=O)c3cc(C)ccc3n2)cc1. The van der Waals surface area contributed by atoms with E-state index in [-0.39, 0.29) is 0 Å². The van der Waals surface area contributed by atoms with E-state index in [1.807, 2.05) is 56.3 Å². The van der Waals surface area contributed by atoms with Gasteiger partial charge in [-0.15, -0.1) is 0 Å². The summed E-state index contributed by atoms with van der Waals surface area (Å²) in [6, 6.07) is 15.7. The van der Waals surface area contributed by atoms with Crippen LogP contribution in [-0.2, 0) is 0 Å². The normalized spacial score (nSPS) is 10.8. The zero-order valence-corrected chi connectivity index (χ0v) is 12.1. The van der Waals surface area contributed by atoms with Crippen LogP contribution >= 0.6 is 0 Å². The van der Waals surface area contributed by atoms with Crippen molar-refractivity contribution in [3.05, 3.63) is 65.2 Å². The van der Waals surface area contributed by atoms with Gasteiger partial charge in [-0.05, 0) is 32.0 Å². The van der Waals surface area contributed by atoms with E-state index in [0.29, 0.717) is 5.56 Å². The van der Waals surface area contributed by atoms with E-state index in [9.17, 15) is 4.79 Å². The quantitative estimate of drug-likeness (QED) is 0.777. The van der Waals surface area contributed by atoms with E-state index in [0.717, 1.165) is 27.7 Å². The highest BCUT2D eigenvalue weighted by Crippen LogP contribution is 2.25. The summed E-state index contributed by atoms with van der Waals surface area (Å²) in [4.78, 5) is 16.4. The third-order valence-electron chi connectivity index (χ3n) is 3.58. The van der Waals surface area contributed by atoms with Gasteiger partial charge in [0.15, 0.2) is 0 Å². The van der Waals surface area contributed by atoms with Gasteiger partial charge in [0.05, 0.1) is 16.8 Å². The number of nitrogens with zero attached hydrogens (tertiary/aromatic N) is 1. The van der Waals surface area contributed by atoms with Crippen molar-refractivity contribution in [2.75, 3.05) is 0 Å². The lowest BCUT2D eigenvalue weighted by Crippen LogP contribution is -2.12. The molecule has 1 amide bonds. The fraction of sp³-hybridized carbons (Fsp3) is 0.111. The van der Waals surface area contributed by atoms with Crippen molar-refractivity contribution in [3.8, 4) is 11.3 Å². The maximum atomic E-state index is 11.8. The summed E-state index contributed by atoms with van der Waals surface area (Å²) in [5.41, 5.74) is 10.8. The predicted octanol–water partition coefficient (Wildman–Crippen LogP) is 3.62. The maximum Gasteiger partial charge on any atom is 0.249 e. The number of fused-ring (bicyclic) bond motifs is 1. The summed E-state index contributed by atoms with van der Waals surface area (Å²) in [6.07, 6.45) is 0. The van der Waals surface area contributed by atoms with Gasteiger partial charge in [0.25, 0.3) is 0 Å². The topological polar surface area (TPSA) is 56.0 Å². The standard InChI is InChI=1S/C18H16N2O/c1-11-3-6-13(7-4-11)17-10-15(18(19)21)14-9-12(2)5-8-16(14)20-17/h3-10H,1-2H3,(H2,19,21). The van der Waals surface area contributed by atoms with Crippen LogP contribution in [0.2, 0.25) is 0 Å². The first-order chi connectivity index (χ1) is 10.0. The number of hydrogen-bond acceptors (Lipinski definition) is 2. The Morgan fingerprint density at radius 2 is 1.62 bits per heavy atom. The number of aryl methyl sites for hydroxylation is 2. The minimum atomic E-state index is -0.429. The number of pyridine rings is 1. The Labute approximate surface area is 123 Å². The van der Waals surface area contributed by atoms with Gasteiger partial charge < -0.3 is 5.73 Å². The van der Waals surface area contributed by atoms with Gasteiger partial charge in [0, 0.05) is 10.9 Å². The van der Waals surface area contributed by atoms with Crippen LogP contribution in [0.1, 0.15) is 21.5 Å². The predicted molar refractivity (Wildman–Crippen MR) is 85.2 cm³/mol. The fourth-order valence-corrected chi connectivity index (χ4v) is 2.42. The molecule has 2 aromatic carbocycles. The summed E-state index contributed by atoms with van der Waals surface area (Å²) < 4.78 is 0. The van der Waals surface area contributed by atoms with Crippen molar-refractivity contribution in [1.82, 2.24) is 4.98 Å². The molecule has 0 saturated heterocycles. The number of rotatable bonds is 2. The number of nitrogens with two attached hydrogens (primary N) is 1. The van der Waals surface area contributed by atoms with Crippen molar-refractivity contribution < 1.29 is 4.79 Å². The van der Waals surface area contributed by atoms with Crippen LogP contribution in [0.15, 0.2) is 48.5 Å². The zero-order chi connectivity index (χ0) is 15.0. The first-order valence-corrected chi connectivity index (χ1v) is 6.83. The van der Waals surface area contributed by atoms with Crippen LogP contribution in [0, 0.1) is 13.8 Å². The average molecular weight is 276 g/mol. The number of carbonyl (C=O) groups is 1. The van der Waals surface area contributed by atoms with Crippen LogP contribution in [0.5, 0.6) is 0 Å². The molecule has 0 spiro atoms.